The van der Waals surface area contributed by atoms with E-state index in [9.17, 15) is 9.59 Å². The van der Waals surface area contributed by atoms with Gasteiger partial charge in [-0.05, 0) is 44.0 Å². The average Bonchev–Trinajstić information content (AvgIpc) is 3.08. The molecule has 2 atom stereocenters. The van der Waals surface area contributed by atoms with Crippen LogP contribution in [0.5, 0.6) is 0 Å². The van der Waals surface area contributed by atoms with E-state index < -0.39 is 0 Å². The number of rotatable bonds is 4. The van der Waals surface area contributed by atoms with E-state index in [1.165, 1.54) is 12.8 Å². The van der Waals surface area contributed by atoms with Gasteiger partial charge in [-0.1, -0.05) is 12.8 Å². The van der Waals surface area contributed by atoms with E-state index in [0.717, 1.165) is 12.8 Å². The maximum absolute atomic E-state index is 12.3. The highest BCUT2D eigenvalue weighted by molar-refractivity contribution is 5.97. The first-order valence-corrected chi connectivity index (χ1v) is 8.70. The molecule has 3 rings (SSSR count). The lowest BCUT2D eigenvalue weighted by atomic mass is 10.1. The van der Waals surface area contributed by atoms with Gasteiger partial charge in [-0.15, -0.1) is 0 Å². The molecule has 0 spiro atoms. The second-order valence-electron chi connectivity index (χ2n) is 6.53. The van der Waals surface area contributed by atoms with E-state index in [1.807, 2.05) is 6.92 Å². The molecule has 0 aromatic heterocycles. The van der Waals surface area contributed by atoms with Crippen molar-refractivity contribution in [2.24, 2.45) is 0 Å². The van der Waals surface area contributed by atoms with E-state index in [0.29, 0.717) is 30.4 Å². The number of carbonyl (C=O) groups is 2. The zero-order chi connectivity index (χ0) is 16.9. The van der Waals surface area contributed by atoms with Crippen LogP contribution in [0.2, 0.25) is 0 Å². The van der Waals surface area contributed by atoms with E-state index in [2.05, 4.69) is 16.0 Å². The predicted octanol–water partition coefficient (Wildman–Crippen LogP) is 1.67. The molecule has 1 aliphatic heterocycles. The summed E-state index contributed by atoms with van der Waals surface area (Å²) in [6.45, 7) is 3.17. The second kappa shape index (κ2) is 7.77. The van der Waals surface area contributed by atoms with Crippen LogP contribution in [0.4, 0.5) is 5.69 Å². The molecule has 6 nitrogen and oxygen atoms in total. The van der Waals surface area contributed by atoms with Crippen LogP contribution in [0.3, 0.4) is 0 Å². The number of hydrogen-bond acceptors (Lipinski definition) is 4. The minimum atomic E-state index is -0.357. The highest BCUT2D eigenvalue weighted by Crippen LogP contribution is 2.18. The summed E-state index contributed by atoms with van der Waals surface area (Å²) in [7, 11) is 0. The van der Waals surface area contributed by atoms with Gasteiger partial charge in [-0.25, -0.2) is 0 Å². The van der Waals surface area contributed by atoms with Gasteiger partial charge in [0.15, 0.2) is 0 Å². The van der Waals surface area contributed by atoms with Crippen LogP contribution in [0.15, 0.2) is 24.3 Å². The van der Waals surface area contributed by atoms with E-state index in [-0.39, 0.29) is 24.0 Å². The Bertz CT molecular complexity index is 582. The lowest BCUT2D eigenvalue weighted by Crippen LogP contribution is -2.53. The second-order valence-corrected chi connectivity index (χ2v) is 6.53. The molecule has 1 aromatic rings. The van der Waals surface area contributed by atoms with Gasteiger partial charge in [0.2, 0.25) is 5.91 Å². The van der Waals surface area contributed by atoms with Gasteiger partial charge in [0.1, 0.15) is 6.04 Å². The normalized spacial score (nSPS) is 24.5. The predicted molar refractivity (Wildman–Crippen MR) is 92.0 cm³/mol. The Morgan fingerprint density at radius 3 is 2.54 bits per heavy atom. The molecule has 3 N–H and O–H groups in total. The number of benzene rings is 1. The monoisotopic (exact) mass is 331 g/mol. The number of nitrogens with one attached hydrogen (secondary N) is 3. The van der Waals surface area contributed by atoms with Crippen molar-refractivity contribution < 1.29 is 14.3 Å². The molecular weight excluding hydrogens is 306 g/mol. The molecule has 130 valence electrons. The largest absolute Gasteiger partial charge is 0.375 e. The maximum Gasteiger partial charge on any atom is 0.251 e. The fraction of sp³-hybridized carbons (Fsp3) is 0.556. The Morgan fingerprint density at radius 1 is 1.17 bits per heavy atom. The molecular formula is C18H25N3O3. The first kappa shape index (κ1) is 16.9. The summed E-state index contributed by atoms with van der Waals surface area (Å²) in [5.74, 6) is -0.166. The summed E-state index contributed by atoms with van der Waals surface area (Å²) in [6.07, 6.45) is 4.35. The third-order valence-corrected chi connectivity index (χ3v) is 4.70. The molecule has 2 aliphatic rings. The average molecular weight is 331 g/mol. The van der Waals surface area contributed by atoms with Crippen LogP contribution in [0, 0.1) is 0 Å². The summed E-state index contributed by atoms with van der Waals surface area (Å²) in [5.41, 5.74) is 1.30. The minimum Gasteiger partial charge on any atom is -0.375 e. The molecule has 24 heavy (non-hydrogen) atoms. The molecule has 6 heteroatoms. The van der Waals surface area contributed by atoms with Crippen molar-refractivity contribution in [3.63, 3.8) is 0 Å². The smallest absolute Gasteiger partial charge is 0.251 e. The van der Waals surface area contributed by atoms with Crippen molar-refractivity contribution in [3.8, 4) is 0 Å². The Morgan fingerprint density at radius 2 is 1.88 bits per heavy atom. The molecule has 1 aromatic carbocycles. The van der Waals surface area contributed by atoms with Crippen LogP contribution in [-0.4, -0.2) is 43.2 Å². The van der Waals surface area contributed by atoms with Crippen LogP contribution in [0.1, 0.15) is 43.0 Å². The van der Waals surface area contributed by atoms with Gasteiger partial charge in [-0.2, -0.15) is 0 Å². The Kier molecular flexibility index (Phi) is 5.48. The van der Waals surface area contributed by atoms with Crippen LogP contribution in [-0.2, 0) is 9.53 Å². The quantitative estimate of drug-likeness (QED) is 0.784. The third kappa shape index (κ3) is 4.13. The van der Waals surface area contributed by atoms with Crippen molar-refractivity contribution >= 4 is 17.5 Å². The van der Waals surface area contributed by atoms with Gasteiger partial charge >= 0.3 is 0 Å². The summed E-state index contributed by atoms with van der Waals surface area (Å²) in [4.78, 5) is 24.5. The summed E-state index contributed by atoms with van der Waals surface area (Å²) in [6, 6.07) is 6.95. The zero-order valence-electron chi connectivity index (χ0n) is 14.0. The van der Waals surface area contributed by atoms with Crippen LogP contribution >= 0.6 is 0 Å². The van der Waals surface area contributed by atoms with E-state index in [4.69, 9.17) is 4.74 Å². The van der Waals surface area contributed by atoms with Crippen LogP contribution < -0.4 is 16.0 Å². The highest BCUT2D eigenvalue weighted by atomic mass is 16.5. The SMILES string of the molecule is C[C@H]1OCCN[C@@H]1C(=O)Nc1ccc(C(=O)NC2CCCC2)cc1. The fourth-order valence-electron chi connectivity index (χ4n) is 3.29. The fourth-order valence-corrected chi connectivity index (χ4v) is 3.29. The number of carbonyl (C=O) groups excluding carboxylic acids is 2. The molecule has 2 amide bonds. The van der Waals surface area contributed by atoms with E-state index in [1.54, 1.807) is 24.3 Å². The van der Waals surface area contributed by atoms with Crippen molar-refractivity contribution in [2.45, 2.75) is 50.8 Å². The first-order chi connectivity index (χ1) is 11.6. The highest BCUT2D eigenvalue weighted by Gasteiger charge is 2.28. The molecule has 0 bridgehead atoms. The molecule has 1 saturated heterocycles. The third-order valence-electron chi connectivity index (χ3n) is 4.70. The first-order valence-electron chi connectivity index (χ1n) is 8.70. The maximum atomic E-state index is 12.3. The molecule has 2 fully saturated rings. The molecule has 0 unspecified atom stereocenters. The lowest BCUT2D eigenvalue weighted by molar-refractivity contribution is -0.123. The zero-order valence-corrected chi connectivity index (χ0v) is 14.0. The summed E-state index contributed by atoms with van der Waals surface area (Å²) in [5, 5.41) is 9.09. The van der Waals surface area contributed by atoms with E-state index >= 15 is 0 Å². The molecule has 1 heterocycles. The summed E-state index contributed by atoms with van der Waals surface area (Å²) >= 11 is 0. The Labute approximate surface area is 142 Å². The molecule has 1 saturated carbocycles. The standard InChI is InChI=1S/C18H25N3O3/c1-12-16(19-10-11-24-12)18(23)21-15-8-6-13(7-9-15)17(22)20-14-4-2-3-5-14/h6-9,12,14,16,19H,2-5,10-11H2,1H3,(H,20,22)(H,21,23)/t12-,16+/m1/s1. The van der Waals surface area contributed by atoms with Gasteiger partial charge in [0, 0.05) is 23.8 Å². The van der Waals surface area contributed by atoms with Crippen molar-refractivity contribution in [1.29, 1.82) is 0 Å². The topological polar surface area (TPSA) is 79.5 Å². The van der Waals surface area contributed by atoms with Gasteiger partial charge in [0.25, 0.3) is 5.91 Å². The number of morpholine rings is 1. The van der Waals surface area contributed by atoms with Crippen molar-refractivity contribution in [3.05, 3.63) is 29.8 Å². The number of ether oxygens (including phenoxy) is 1. The van der Waals surface area contributed by atoms with Crippen molar-refractivity contribution in [2.75, 3.05) is 18.5 Å². The number of hydrogen-bond donors (Lipinski definition) is 3. The Balaban J connectivity index is 1.55. The number of amides is 2. The summed E-state index contributed by atoms with van der Waals surface area (Å²) < 4.78 is 5.49. The number of anilines is 1. The van der Waals surface area contributed by atoms with Gasteiger partial charge in [0.05, 0.1) is 12.7 Å². The Hall–Kier alpha value is -1.92. The molecule has 0 radical (unpaired) electrons. The van der Waals surface area contributed by atoms with Gasteiger partial charge in [-0.3, -0.25) is 9.59 Å². The van der Waals surface area contributed by atoms with Crippen molar-refractivity contribution in [1.82, 2.24) is 10.6 Å². The molecule has 1 aliphatic carbocycles. The van der Waals surface area contributed by atoms with Crippen LogP contribution in [0.25, 0.3) is 0 Å². The van der Waals surface area contributed by atoms with Gasteiger partial charge < -0.3 is 20.7 Å². The minimum absolute atomic E-state index is 0.0456. The lowest BCUT2D eigenvalue weighted by Gasteiger charge is -2.29.